The molecular weight excluding hydrogens is 351 g/mol. The maximum atomic E-state index is 10.1. The van der Waals surface area contributed by atoms with Crippen molar-refractivity contribution < 1.29 is 77.6 Å². The fourth-order valence-electron chi connectivity index (χ4n) is 0.742. The number of hydrogen-bond acceptors (Lipinski definition) is 10. The summed E-state index contributed by atoms with van der Waals surface area (Å²) in [5.74, 6) is -2.56. The summed E-state index contributed by atoms with van der Waals surface area (Å²) in [6.07, 6.45) is 0. The van der Waals surface area contributed by atoms with E-state index < -0.39 is 5.97 Å². The van der Waals surface area contributed by atoms with Crippen molar-refractivity contribution in [2.24, 2.45) is 0 Å². The van der Waals surface area contributed by atoms with E-state index in [-0.39, 0.29) is 79.9 Å². The Labute approximate surface area is 168 Å². The fraction of sp³-hybridized carbons (Fsp3) is 0.643. The van der Waals surface area contributed by atoms with Crippen molar-refractivity contribution in [1.29, 1.82) is 0 Å². The Kier molecular flexibility index (Phi) is 27.8. The molecule has 0 rings (SSSR count). The van der Waals surface area contributed by atoms with E-state index in [0.717, 1.165) is 6.92 Å². The van der Waals surface area contributed by atoms with Gasteiger partial charge in [-0.05, 0) is 6.92 Å². The van der Waals surface area contributed by atoms with Gasteiger partial charge >= 0.3 is 53.4 Å². The maximum Gasteiger partial charge on any atom is 1.00 e. The molecular formula is C14H23NaO10. The van der Waals surface area contributed by atoms with Crippen LogP contribution in [0.2, 0.25) is 0 Å². The Morgan fingerprint density at radius 2 is 0.680 bits per heavy atom. The van der Waals surface area contributed by atoms with E-state index in [9.17, 15) is 19.2 Å². The third kappa shape index (κ3) is 60.7. The fourth-order valence-corrected chi connectivity index (χ4v) is 0.742. The third-order valence-electron chi connectivity index (χ3n) is 1.39. The Morgan fingerprint density at radius 1 is 0.560 bits per heavy atom. The first kappa shape index (κ1) is 31.2. The minimum atomic E-state index is -1.08. The molecule has 10 nitrogen and oxygen atoms in total. The van der Waals surface area contributed by atoms with Crippen LogP contribution < -0.4 is 34.7 Å². The molecule has 0 aliphatic carbocycles. The zero-order chi connectivity index (χ0) is 19.5. The Balaban J connectivity index is -0.000000141. The molecule has 0 bridgehead atoms. The second-order valence-corrected chi connectivity index (χ2v) is 3.85. The molecule has 0 saturated heterocycles. The van der Waals surface area contributed by atoms with Gasteiger partial charge in [0.15, 0.2) is 0 Å². The molecule has 0 spiro atoms. The molecule has 25 heavy (non-hydrogen) atoms. The second-order valence-electron chi connectivity index (χ2n) is 3.85. The van der Waals surface area contributed by atoms with Gasteiger partial charge < -0.3 is 28.8 Å². The average Bonchev–Trinajstić information content (AvgIpc) is 2.39. The van der Waals surface area contributed by atoms with Gasteiger partial charge in [0.2, 0.25) is 0 Å². The molecule has 0 N–H and O–H groups in total. The minimum Gasteiger partial charge on any atom is -0.550 e. The van der Waals surface area contributed by atoms with E-state index in [1.165, 1.54) is 27.7 Å². The standard InChI is InChI=1S/2C6H10O4.C2H4O2.Na/c2*1-5(7)9-3-4-10-6(2)8;1-2(3)4;/h2*3-4H2,1-2H3;1H3,(H,3,4);/q;;;+1/p-1. The van der Waals surface area contributed by atoms with Gasteiger partial charge in [0.1, 0.15) is 26.4 Å². The molecule has 0 radical (unpaired) electrons. The number of aliphatic carboxylic acids is 1. The van der Waals surface area contributed by atoms with Gasteiger partial charge in [0, 0.05) is 33.7 Å². The molecule has 0 atom stereocenters. The molecule has 0 aliphatic rings. The summed E-state index contributed by atoms with van der Waals surface area (Å²) in [6, 6.07) is 0. The van der Waals surface area contributed by atoms with E-state index in [2.05, 4.69) is 18.9 Å². The van der Waals surface area contributed by atoms with Crippen molar-refractivity contribution >= 4 is 29.8 Å². The summed E-state index contributed by atoms with van der Waals surface area (Å²) in [5.41, 5.74) is 0. The largest absolute Gasteiger partial charge is 1.00 e. The molecule has 0 aliphatic heterocycles. The van der Waals surface area contributed by atoms with Crippen LogP contribution in [0.3, 0.4) is 0 Å². The van der Waals surface area contributed by atoms with E-state index >= 15 is 0 Å². The normalized spacial score (nSPS) is 7.88. The van der Waals surface area contributed by atoms with Gasteiger partial charge in [-0.15, -0.1) is 0 Å². The van der Waals surface area contributed by atoms with Crippen molar-refractivity contribution in [3.63, 3.8) is 0 Å². The van der Waals surface area contributed by atoms with Gasteiger partial charge in [0.05, 0.1) is 0 Å². The number of hydrogen-bond donors (Lipinski definition) is 0. The van der Waals surface area contributed by atoms with E-state index in [4.69, 9.17) is 9.90 Å². The van der Waals surface area contributed by atoms with Crippen molar-refractivity contribution in [3.8, 4) is 0 Å². The molecule has 0 aromatic rings. The maximum absolute atomic E-state index is 10.1. The predicted molar refractivity (Wildman–Crippen MR) is 77.2 cm³/mol. The number of carbonyl (C=O) groups is 5. The summed E-state index contributed by atoms with van der Waals surface area (Å²) in [7, 11) is 0. The van der Waals surface area contributed by atoms with Gasteiger partial charge in [-0.2, -0.15) is 0 Å². The van der Waals surface area contributed by atoms with Crippen molar-refractivity contribution in [2.75, 3.05) is 26.4 Å². The smallest absolute Gasteiger partial charge is 0.550 e. The predicted octanol–water partition coefficient (Wildman–Crippen LogP) is -4.01. The molecule has 11 heteroatoms. The number of ether oxygens (including phenoxy) is 4. The minimum absolute atomic E-state index is 0. The summed E-state index contributed by atoms with van der Waals surface area (Å²) in [4.78, 5) is 49.4. The average molecular weight is 374 g/mol. The third-order valence-corrected chi connectivity index (χ3v) is 1.39. The van der Waals surface area contributed by atoms with Crippen molar-refractivity contribution in [3.05, 3.63) is 0 Å². The van der Waals surface area contributed by atoms with Gasteiger partial charge in [-0.1, -0.05) is 0 Å². The van der Waals surface area contributed by atoms with E-state index in [1.54, 1.807) is 0 Å². The van der Waals surface area contributed by atoms with Gasteiger partial charge in [-0.3, -0.25) is 19.2 Å². The number of carbonyl (C=O) groups excluding carboxylic acids is 5. The number of rotatable bonds is 6. The molecule has 0 fully saturated rings. The molecule has 0 saturated carbocycles. The number of carboxylic acid groups (broad SMARTS) is 1. The Hall–Kier alpha value is -1.65. The van der Waals surface area contributed by atoms with Gasteiger partial charge in [0.25, 0.3) is 0 Å². The van der Waals surface area contributed by atoms with Crippen LogP contribution in [0.4, 0.5) is 0 Å². The molecule has 0 heterocycles. The summed E-state index contributed by atoms with van der Waals surface area (Å²) in [5, 5.41) is 8.89. The van der Waals surface area contributed by atoms with Crippen LogP contribution in [-0.4, -0.2) is 56.3 Å². The van der Waals surface area contributed by atoms with Crippen LogP contribution in [0, 0.1) is 0 Å². The SMILES string of the molecule is CC(=O)OCCOC(C)=O.CC(=O)OCCOC(C)=O.CC(=O)[O-].[Na+]. The molecule has 0 amide bonds. The number of carboxylic acids is 1. The van der Waals surface area contributed by atoms with Crippen LogP contribution in [0.25, 0.3) is 0 Å². The summed E-state index contributed by atoms with van der Waals surface area (Å²) < 4.78 is 17.9. The van der Waals surface area contributed by atoms with Crippen molar-refractivity contribution in [1.82, 2.24) is 0 Å². The van der Waals surface area contributed by atoms with Crippen LogP contribution in [0.1, 0.15) is 34.6 Å². The Morgan fingerprint density at radius 3 is 0.760 bits per heavy atom. The zero-order valence-corrected chi connectivity index (χ0v) is 17.4. The quantitative estimate of drug-likeness (QED) is 0.195. The van der Waals surface area contributed by atoms with E-state index in [1.807, 2.05) is 0 Å². The molecule has 0 aromatic carbocycles. The van der Waals surface area contributed by atoms with Crippen LogP contribution in [-0.2, 0) is 42.9 Å². The van der Waals surface area contributed by atoms with E-state index in [0.29, 0.717) is 0 Å². The first-order valence-electron chi connectivity index (χ1n) is 6.70. The first-order valence-corrected chi connectivity index (χ1v) is 6.70. The van der Waals surface area contributed by atoms with Gasteiger partial charge in [-0.25, -0.2) is 0 Å². The topological polar surface area (TPSA) is 145 Å². The molecule has 140 valence electrons. The van der Waals surface area contributed by atoms with Crippen LogP contribution in [0.15, 0.2) is 0 Å². The molecule has 0 aromatic heterocycles. The second kappa shape index (κ2) is 22.4. The first-order chi connectivity index (χ1) is 11.0. The van der Waals surface area contributed by atoms with Crippen LogP contribution >= 0.6 is 0 Å². The van der Waals surface area contributed by atoms with Crippen molar-refractivity contribution in [2.45, 2.75) is 34.6 Å². The molecule has 0 unspecified atom stereocenters. The zero-order valence-electron chi connectivity index (χ0n) is 15.4. The summed E-state index contributed by atoms with van der Waals surface area (Å²) >= 11 is 0. The Bertz CT molecular complexity index is 340. The van der Waals surface area contributed by atoms with Crippen LogP contribution in [0.5, 0.6) is 0 Å². The number of esters is 4. The summed E-state index contributed by atoms with van der Waals surface area (Å²) in [6.45, 7) is 6.71. The monoisotopic (exact) mass is 374 g/mol.